The van der Waals surface area contributed by atoms with Gasteiger partial charge in [0.05, 0.1) is 24.8 Å². The number of phenolic OH excluding ortho intramolecular Hbond substituents is 1. The third-order valence-corrected chi connectivity index (χ3v) is 9.96. The number of carbonyl (C=O) groups excluding carboxylic acids is 1. The lowest BCUT2D eigenvalue weighted by Gasteiger charge is -2.64. The summed E-state index contributed by atoms with van der Waals surface area (Å²) in [5, 5.41) is 40.9. The van der Waals surface area contributed by atoms with Crippen LogP contribution in [0.2, 0.25) is 0 Å². The summed E-state index contributed by atoms with van der Waals surface area (Å²) < 4.78 is 6.91. The first-order valence-electron chi connectivity index (χ1n) is 12.3. The van der Waals surface area contributed by atoms with Gasteiger partial charge in [-0.05, 0) is 49.0 Å². The number of carboxylic acids is 1. The molecule has 2 aliphatic carbocycles. The van der Waals surface area contributed by atoms with Crippen LogP contribution in [0.15, 0.2) is 6.07 Å². The van der Waals surface area contributed by atoms with Gasteiger partial charge in [-0.25, -0.2) is 4.79 Å². The first kappa shape index (κ1) is 23.4. The molecule has 8 nitrogen and oxygen atoms in total. The molecule has 8 heteroatoms. The van der Waals surface area contributed by atoms with Crippen LogP contribution < -0.4 is 4.74 Å². The second kappa shape index (κ2) is 7.34. The van der Waals surface area contributed by atoms with E-state index in [1.807, 2.05) is 0 Å². The lowest BCUT2D eigenvalue weighted by molar-refractivity contribution is -0.210. The topological polar surface area (TPSA) is 128 Å². The highest BCUT2D eigenvalue weighted by molar-refractivity contribution is 6.02. The van der Waals surface area contributed by atoms with Gasteiger partial charge in [0.2, 0.25) is 0 Å². The van der Waals surface area contributed by atoms with Crippen molar-refractivity contribution in [3.8, 4) is 11.5 Å². The van der Waals surface area contributed by atoms with Gasteiger partial charge >= 0.3 is 5.97 Å². The Kier molecular flexibility index (Phi) is 5.06. The third-order valence-electron chi connectivity index (χ3n) is 9.96. The predicted molar refractivity (Wildman–Crippen MR) is 123 cm³/mol. The first-order chi connectivity index (χ1) is 15.9. The van der Waals surface area contributed by atoms with Crippen molar-refractivity contribution in [1.29, 1.82) is 0 Å². The maximum atomic E-state index is 13.1. The number of benzene rings is 1. The fraction of sp³-hybridized carbons (Fsp3) is 0.692. The van der Waals surface area contributed by atoms with Crippen LogP contribution in [0.25, 0.3) is 0 Å². The maximum Gasteiger partial charge on any atom is 0.328 e. The molecule has 4 N–H and O–H groups in total. The van der Waals surface area contributed by atoms with Gasteiger partial charge in [-0.3, -0.25) is 4.79 Å². The molecule has 2 saturated carbocycles. The van der Waals surface area contributed by atoms with Crippen LogP contribution in [0, 0.1) is 22.7 Å². The summed E-state index contributed by atoms with van der Waals surface area (Å²) in [4.78, 5) is 25.8. The van der Waals surface area contributed by atoms with Gasteiger partial charge in [-0.15, -0.1) is 0 Å². The average Bonchev–Trinajstić information content (AvgIpc) is 3.32. The number of carboxylic acid groups (broad SMARTS) is 1. The number of ether oxygens (including phenoxy) is 1. The SMILES string of the molecule is C[C@@H]1CC[C@H]2C(C)(C)[C@@H](O)CC[C@@]2(C)[C@]12Cc1c(O)cc3c(c1O2)CN([C@@H](CO)C(=O)O)C3=O. The first-order valence-corrected chi connectivity index (χ1v) is 12.3. The number of rotatable bonds is 3. The minimum Gasteiger partial charge on any atom is -0.508 e. The fourth-order valence-corrected chi connectivity index (χ4v) is 7.85. The molecule has 1 aromatic rings. The van der Waals surface area contributed by atoms with Crippen LogP contribution in [0.3, 0.4) is 0 Å². The standard InChI is InChI=1S/C26H35NO7/c1-13-5-6-19-24(2,3)20(30)7-8-25(19,4)26(13)10-15-18(29)9-14-16(21(15)34-26)11-27(22(14)31)17(12-28)23(32)33/h9,13,17,19-20,28-30H,5-8,10-12H2,1-4H3,(H,32,33)/t13-,17+,19+,20+,25-,26+/m1/s1. The summed E-state index contributed by atoms with van der Waals surface area (Å²) in [6.07, 6.45) is 3.55. The van der Waals surface area contributed by atoms with E-state index in [1.54, 1.807) is 0 Å². The van der Waals surface area contributed by atoms with Gasteiger partial charge in [-0.2, -0.15) is 0 Å². The molecule has 2 fully saturated rings. The Hall–Kier alpha value is -2.32. The van der Waals surface area contributed by atoms with Crippen LogP contribution in [-0.4, -0.2) is 61.6 Å². The predicted octanol–water partition coefficient (Wildman–Crippen LogP) is 2.70. The Bertz CT molecular complexity index is 1070. The smallest absolute Gasteiger partial charge is 0.328 e. The van der Waals surface area contributed by atoms with Crippen molar-refractivity contribution < 1.29 is 34.8 Å². The molecule has 0 radical (unpaired) electrons. The number of aromatic hydroxyl groups is 1. The highest BCUT2D eigenvalue weighted by Gasteiger charge is 2.67. The van der Waals surface area contributed by atoms with Crippen molar-refractivity contribution in [3.05, 3.63) is 22.8 Å². The van der Waals surface area contributed by atoms with Crippen LogP contribution >= 0.6 is 0 Å². The zero-order chi connectivity index (χ0) is 24.8. The Morgan fingerprint density at radius 1 is 1.24 bits per heavy atom. The molecule has 0 unspecified atom stereocenters. The van der Waals surface area contributed by atoms with Gasteiger partial charge < -0.3 is 30.1 Å². The van der Waals surface area contributed by atoms with E-state index >= 15 is 0 Å². The lowest BCUT2D eigenvalue weighted by Crippen LogP contribution is -2.66. The van der Waals surface area contributed by atoms with E-state index in [2.05, 4.69) is 27.7 Å². The average molecular weight is 474 g/mol. The molecule has 6 atom stereocenters. The van der Waals surface area contributed by atoms with Gasteiger partial charge in [-0.1, -0.05) is 27.7 Å². The summed E-state index contributed by atoms with van der Waals surface area (Å²) in [6.45, 7) is 8.04. The Balaban J connectivity index is 1.59. The third kappa shape index (κ3) is 2.78. The van der Waals surface area contributed by atoms with Crippen LogP contribution in [0.4, 0.5) is 0 Å². The van der Waals surface area contributed by atoms with Crippen molar-refractivity contribution in [2.45, 2.75) is 84.1 Å². The van der Waals surface area contributed by atoms with Crippen molar-refractivity contribution in [1.82, 2.24) is 4.90 Å². The highest BCUT2D eigenvalue weighted by atomic mass is 16.5. The zero-order valence-corrected chi connectivity index (χ0v) is 20.3. The number of aliphatic carboxylic acids is 1. The number of hydrogen-bond acceptors (Lipinski definition) is 6. The van der Waals surface area contributed by atoms with Crippen molar-refractivity contribution in [2.24, 2.45) is 22.7 Å². The fourth-order valence-electron chi connectivity index (χ4n) is 7.85. The van der Waals surface area contributed by atoms with E-state index in [9.17, 15) is 30.0 Å². The number of carbonyl (C=O) groups is 2. The number of hydrogen-bond donors (Lipinski definition) is 4. The molecule has 0 saturated heterocycles. The van der Waals surface area contributed by atoms with Crippen molar-refractivity contribution >= 4 is 11.9 Å². The lowest BCUT2D eigenvalue weighted by atomic mass is 9.43. The normalized spacial score (nSPS) is 36.6. The Labute approximate surface area is 199 Å². The molecule has 0 bridgehead atoms. The van der Waals surface area contributed by atoms with Crippen molar-refractivity contribution in [3.63, 3.8) is 0 Å². The van der Waals surface area contributed by atoms with Crippen LogP contribution in [0.5, 0.6) is 11.5 Å². The second-order valence-corrected chi connectivity index (χ2v) is 11.7. The Morgan fingerprint density at radius 2 is 1.94 bits per heavy atom. The number of phenols is 1. The second-order valence-electron chi connectivity index (χ2n) is 11.7. The van der Waals surface area contributed by atoms with Crippen LogP contribution in [0.1, 0.15) is 74.9 Å². The monoisotopic (exact) mass is 473 g/mol. The number of amides is 1. The van der Waals surface area contributed by atoms with E-state index in [0.717, 1.165) is 24.2 Å². The summed E-state index contributed by atoms with van der Waals surface area (Å²) in [5.74, 6) is -0.897. The summed E-state index contributed by atoms with van der Waals surface area (Å²) >= 11 is 0. The number of fused-ring (bicyclic) bond motifs is 5. The molecule has 34 heavy (non-hydrogen) atoms. The number of aliphatic hydroxyl groups excluding tert-OH is 2. The van der Waals surface area contributed by atoms with E-state index in [4.69, 9.17) is 4.74 Å². The van der Waals surface area contributed by atoms with Crippen LogP contribution in [-0.2, 0) is 17.8 Å². The molecule has 0 aromatic heterocycles. The summed E-state index contributed by atoms with van der Waals surface area (Å²) in [5.41, 5.74) is 0.372. The summed E-state index contributed by atoms with van der Waals surface area (Å²) in [7, 11) is 0. The Morgan fingerprint density at radius 3 is 2.59 bits per heavy atom. The zero-order valence-electron chi connectivity index (χ0n) is 20.3. The van der Waals surface area contributed by atoms with Gasteiger partial charge in [0.1, 0.15) is 17.1 Å². The summed E-state index contributed by atoms with van der Waals surface area (Å²) in [6, 6.07) is 0.0704. The van der Waals surface area contributed by atoms with Gasteiger partial charge in [0.15, 0.2) is 6.04 Å². The number of nitrogens with zero attached hydrogens (tertiary/aromatic N) is 1. The molecule has 1 amide bonds. The molecule has 1 aromatic carbocycles. The minimum atomic E-state index is -1.36. The molecule has 2 heterocycles. The quantitative estimate of drug-likeness (QED) is 0.531. The largest absolute Gasteiger partial charge is 0.508 e. The maximum absolute atomic E-state index is 13.1. The molecule has 4 aliphatic rings. The number of aliphatic hydroxyl groups is 2. The van der Waals surface area contributed by atoms with E-state index in [0.29, 0.717) is 29.7 Å². The molecule has 1 spiro atoms. The molecular weight excluding hydrogens is 438 g/mol. The van der Waals surface area contributed by atoms with E-state index in [1.165, 1.54) is 6.07 Å². The van der Waals surface area contributed by atoms with Gasteiger partial charge in [0.25, 0.3) is 5.91 Å². The minimum absolute atomic E-state index is 0.00951. The molecule has 2 aliphatic heterocycles. The van der Waals surface area contributed by atoms with Crippen molar-refractivity contribution in [2.75, 3.05) is 6.61 Å². The highest BCUT2D eigenvalue weighted by Crippen LogP contribution is 2.67. The van der Waals surface area contributed by atoms with E-state index in [-0.39, 0.29) is 46.6 Å². The molecule has 5 rings (SSSR count). The molecular formula is C26H35NO7. The molecule has 186 valence electrons. The van der Waals surface area contributed by atoms with E-state index < -0.39 is 30.1 Å². The van der Waals surface area contributed by atoms with Gasteiger partial charge in [0, 0.05) is 23.0 Å².